The smallest absolute Gasteiger partial charge is 0.0991 e. The normalized spacial score (nSPS) is 25.9. The summed E-state index contributed by atoms with van der Waals surface area (Å²) in [6, 6.07) is 11.0. The van der Waals surface area contributed by atoms with Crippen LogP contribution in [0.5, 0.6) is 0 Å². The molecule has 3 heteroatoms. The summed E-state index contributed by atoms with van der Waals surface area (Å²) in [6.07, 6.45) is 0. The van der Waals surface area contributed by atoms with Crippen LogP contribution in [0.2, 0.25) is 0 Å². The fraction of sp³-hybridized carbons (Fsp3) is 0.417. The van der Waals surface area contributed by atoms with E-state index >= 15 is 0 Å². The lowest BCUT2D eigenvalue weighted by Crippen LogP contribution is -2.37. The highest BCUT2D eigenvalue weighted by Gasteiger charge is 2.19. The van der Waals surface area contributed by atoms with Gasteiger partial charge in [0.05, 0.1) is 11.6 Å². The van der Waals surface area contributed by atoms with Crippen molar-refractivity contribution in [3.8, 4) is 6.07 Å². The van der Waals surface area contributed by atoms with Crippen molar-refractivity contribution < 1.29 is 0 Å². The Morgan fingerprint density at radius 2 is 2.07 bits per heavy atom. The number of nitriles is 1. The van der Waals surface area contributed by atoms with Crippen LogP contribution in [0.25, 0.3) is 0 Å². The average Bonchev–Trinajstić information content (AvgIpc) is 2.29. The highest BCUT2D eigenvalue weighted by atomic mass is 32.2. The van der Waals surface area contributed by atoms with Crippen LogP contribution in [0.1, 0.15) is 24.1 Å². The Hall–Kier alpha value is -0.980. The molecule has 15 heavy (non-hydrogen) atoms. The van der Waals surface area contributed by atoms with Crippen molar-refractivity contribution in [2.45, 2.75) is 19.0 Å². The molecule has 0 saturated carbocycles. The molecule has 2 rings (SSSR count). The van der Waals surface area contributed by atoms with E-state index in [9.17, 15) is 0 Å². The number of rotatable bonds is 1. The largest absolute Gasteiger partial charge is 0.306 e. The molecule has 1 aromatic rings. The molecule has 0 aromatic heterocycles. The second-order valence-corrected chi connectivity index (χ2v) is 4.97. The summed E-state index contributed by atoms with van der Waals surface area (Å²) >= 11 is 1.99. The van der Waals surface area contributed by atoms with Crippen LogP contribution in [0.3, 0.4) is 0 Å². The third-order valence-electron chi connectivity index (χ3n) is 2.58. The van der Waals surface area contributed by atoms with Crippen molar-refractivity contribution in [3.05, 3.63) is 35.4 Å². The number of benzene rings is 1. The Bertz CT molecular complexity index is 366. The second kappa shape index (κ2) is 4.69. The molecule has 0 bridgehead atoms. The van der Waals surface area contributed by atoms with Gasteiger partial charge in [0.1, 0.15) is 0 Å². The van der Waals surface area contributed by atoms with Crippen LogP contribution < -0.4 is 5.32 Å². The fourth-order valence-electron chi connectivity index (χ4n) is 1.78. The number of nitrogens with one attached hydrogen (secondary N) is 1. The van der Waals surface area contributed by atoms with Crippen molar-refractivity contribution in [2.24, 2.45) is 0 Å². The van der Waals surface area contributed by atoms with Crippen LogP contribution in [0, 0.1) is 11.3 Å². The molecule has 78 valence electrons. The lowest BCUT2D eigenvalue weighted by molar-refractivity contribution is 0.502. The van der Waals surface area contributed by atoms with Crippen molar-refractivity contribution in [1.29, 1.82) is 5.26 Å². The average molecular weight is 218 g/mol. The predicted octanol–water partition coefficient (Wildman–Crippen LogP) is 2.32. The van der Waals surface area contributed by atoms with Gasteiger partial charge in [0.25, 0.3) is 0 Å². The van der Waals surface area contributed by atoms with Gasteiger partial charge < -0.3 is 5.32 Å². The molecule has 0 radical (unpaired) electrons. The summed E-state index contributed by atoms with van der Waals surface area (Å²) in [6.45, 7) is 2.21. The third-order valence-corrected chi connectivity index (χ3v) is 3.88. The summed E-state index contributed by atoms with van der Waals surface area (Å²) in [7, 11) is 0. The Morgan fingerprint density at radius 1 is 1.33 bits per heavy atom. The van der Waals surface area contributed by atoms with Gasteiger partial charge in [-0.3, -0.25) is 0 Å². The summed E-state index contributed by atoms with van der Waals surface area (Å²) in [5.41, 5.74) is 2.02. The van der Waals surface area contributed by atoms with Crippen molar-refractivity contribution in [1.82, 2.24) is 5.32 Å². The maximum absolute atomic E-state index is 8.71. The van der Waals surface area contributed by atoms with Crippen LogP contribution in [0.4, 0.5) is 0 Å². The van der Waals surface area contributed by atoms with E-state index in [1.165, 1.54) is 11.3 Å². The number of nitrogens with zero attached hydrogens (tertiary/aromatic N) is 1. The molecule has 1 N–H and O–H groups in total. The SMILES string of the molecule is CC1CSCC(c2ccc(C#N)cc2)N1. The monoisotopic (exact) mass is 218 g/mol. The molecule has 0 spiro atoms. The maximum Gasteiger partial charge on any atom is 0.0991 e. The van der Waals surface area contributed by atoms with Gasteiger partial charge in [-0.05, 0) is 24.6 Å². The molecule has 1 heterocycles. The molecule has 2 atom stereocenters. The van der Waals surface area contributed by atoms with E-state index in [-0.39, 0.29) is 0 Å². The molecule has 1 fully saturated rings. The van der Waals surface area contributed by atoms with Crippen LogP contribution >= 0.6 is 11.8 Å². The Kier molecular flexibility index (Phi) is 3.30. The second-order valence-electron chi connectivity index (χ2n) is 3.89. The molecule has 1 aliphatic rings. The minimum atomic E-state index is 0.437. The van der Waals surface area contributed by atoms with Gasteiger partial charge in [-0.15, -0.1) is 0 Å². The summed E-state index contributed by atoms with van der Waals surface area (Å²) in [4.78, 5) is 0. The maximum atomic E-state index is 8.71. The van der Waals surface area contributed by atoms with Gasteiger partial charge in [0, 0.05) is 23.6 Å². The van der Waals surface area contributed by atoms with Crippen LogP contribution in [0.15, 0.2) is 24.3 Å². The molecule has 1 saturated heterocycles. The molecule has 1 aliphatic heterocycles. The predicted molar refractivity (Wildman–Crippen MR) is 63.8 cm³/mol. The first kappa shape index (κ1) is 10.5. The molecule has 2 nitrogen and oxygen atoms in total. The van der Waals surface area contributed by atoms with Crippen molar-refractivity contribution >= 4 is 11.8 Å². The van der Waals surface area contributed by atoms with E-state index in [1.807, 2.05) is 23.9 Å². The Labute approximate surface area is 94.7 Å². The zero-order chi connectivity index (χ0) is 10.7. The summed E-state index contributed by atoms with van der Waals surface area (Å²) in [5, 5.41) is 12.3. The van der Waals surface area contributed by atoms with E-state index < -0.39 is 0 Å². The molecular weight excluding hydrogens is 204 g/mol. The van der Waals surface area contributed by atoms with Crippen molar-refractivity contribution in [2.75, 3.05) is 11.5 Å². The van der Waals surface area contributed by atoms with E-state index in [4.69, 9.17) is 5.26 Å². The first-order chi connectivity index (χ1) is 7.29. The fourth-order valence-corrected chi connectivity index (χ4v) is 2.89. The van der Waals surface area contributed by atoms with Crippen LogP contribution in [-0.4, -0.2) is 17.5 Å². The third kappa shape index (κ3) is 2.53. The van der Waals surface area contributed by atoms with E-state index in [0.717, 1.165) is 11.3 Å². The quantitative estimate of drug-likeness (QED) is 0.786. The topological polar surface area (TPSA) is 35.8 Å². The standard InChI is InChI=1S/C12H14N2S/c1-9-7-15-8-12(14-9)11-4-2-10(6-13)3-5-11/h2-5,9,12,14H,7-8H2,1H3. The Balaban J connectivity index is 2.12. The van der Waals surface area contributed by atoms with Gasteiger partial charge in [-0.2, -0.15) is 17.0 Å². The van der Waals surface area contributed by atoms with Gasteiger partial charge >= 0.3 is 0 Å². The lowest BCUT2D eigenvalue weighted by Gasteiger charge is -2.28. The van der Waals surface area contributed by atoms with E-state index in [2.05, 4.69) is 30.4 Å². The molecular formula is C12H14N2S. The van der Waals surface area contributed by atoms with Gasteiger partial charge in [0.15, 0.2) is 0 Å². The van der Waals surface area contributed by atoms with Gasteiger partial charge in [-0.1, -0.05) is 12.1 Å². The molecule has 0 amide bonds. The van der Waals surface area contributed by atoms with Crippen molar-refractivity contribution in [3.63, 3.8) is 0 Å². The minimum absolute atomic E-state index is 0.437. The first-order valence-corrected chi connectivity index (χ1v) is 6.29. The first-order valence-electron chi connectivity index (χ1n) is 5.13. The van der Waals surface area contributed by atoms with E-state index in [0.29, 0.717) is 12.1 Å². The summed E-state index contributed by atoms with van der Waals surface area (Å²) in [5.74, 6) is 2.31. The number of hydrogen-bond donors (Lipinski definition) is 1. The highest BCUT2D eigenvalue weighted by Crippen LogP contribution is 2.24. The molecule has 2 unspecified atom stereocenters. The molecule has 0 aliphatic carbocycles. The van der Waals surface area contributed by atoms with Crippen LogP contribution in [-0.2, 0) is 0 Å². The Morgan fingerprint density at radius 3 is 2.67 bits per heavy atom. The molecule has 1 aromatic carbocycles. The van der Waals surface area contributed by atoms with Gasteiger partial charge in [0.2, 0.25) is 0 Å². The van der Waals surface area contributed by atoms with Gasteiger partial charge in [-0.25, -0.2) is 0 Å². The lowest BCUT2D eigenvalue weighted by atomic mass is 10.1. The number of thioether (sulfide) groups is 1. The zero-order valence-corrected chi connectivity index (χ0v) is 9.55. The number of hydrogen-bond acceptors (Lipinski definition) is 3. The van der Waals surface area contributed by atoms with E-state index in [1.54, 1.807) is 0 Å². The minimum Gasteiger partial charge on any atom is -0.306 e. The summed E-state index contributed by atoms with van der Waals surface area (Å²) < 4.78 is 0. The zero-order valence-electron chi connectivity index (χ0n) is 8.73. The highest BCUT2D eigenvalue weighted by molar-refractivity contribution is 7.99.